The number of hydrogen-bond acceptors (Lipinski definition) is 7. The highest BCUT2D eigenvalue weighted by Crippen LogP contribution is 2.31. The van der Waals surface area contributed by atoms with Gasteiger partial charge in [0, 0.05) is 23.5 Å². The highest BCUT2D eigenvalue weighted by molar-refractivity contribution is 5.66. The van der Waals surface area contributed by atoms with Crippen LogP contribution >= 0.6 is 0 Å². The predicted octanol–water partition coefficient (Wildman–Crippen LogP) is 8.23. The zero-order valence-electron chi connectivity index (χ0n) is 17.5. The van der Waals surface area contributed by atoms with Crippen molar-refractivity contribution in [2.75, 3.05) is 0 Å². The number of rotatable bonds is 6. The molecule has 0 aliphatic carbocycles. The van der Waals surface area contributed by atoms with Crippen LogP contribution in [0.5, 0.6) is 0 Å². The van der Waals surface area contributed by atoms with Gasteiger partial charge in [0.25, 0.3) is 0 Å². The van der Waals surface area contributed by atoms with Gasteiger partial charge in [-0.05, 0) is 84.9 Å². The standard InChI is InChI=1S/C26H18N6O/c1-3-17-27-25(5-1)31-29-21-11-7-19(8-12-21)23-15-16-24(33-23)20-9-13-22(14-10-20)30-32-26-6-2-4-18-28-26/h1-18H. The molecule has 0 spiro atoms. The molecule has 0 fully saturated rings. The minimum absolute atomic E-state index is 0.571. The molecule has 5 aromatic rings. The Labute approximate surface area is 190 Å². The summed E-state index contributed by atoms with van der Waals surface area (Å²) >= 11 is 0. The number of hydrogen-bond donors (Lipinski definition) is 0. The molecule has 0 saturated heterocycles. The van der Waals surface area contributed by atoms with Gasteiger partial charge >= 0.3 is 0 Å². The lowest BCUT2D eigenvalue weighted by Crippen LogP contribution is -1.74. The van der Waals surface area contributed by atoms with Crippen molar-refractivity contribution in [2.24, 2.45) is 20.5 Å². The van der Waals surface area contributed by atoms with Gasteiger partial charge in [0.2, 0.25) is 0 Å². The van der Waals surface area contributed by atoms with Crippen LogP contribution in [0.1, 0.15) is 0 Å². The maximum absolute atomic E-state index is 6.07. The largest absolute Gasteiger partial charge is 0.456 e. The normalized spacial score (nSPS) is 11.4. The summed E-state index contributed by atoms with van der Waals surface area (Å²) in [5, 5.41) is 16.7. The molecule has 5 rings (SSSR count). The van der Waals surface area contributed by atoms with Gasteiger partial charge in [-0.15, -0.1) is 20.5 Å². The molecule has 0 saturated carbocycles. The lowest BCUT2D eigenvalue weighted by Gasteiger charge is -2.00. The fourth-order valence-corrected chi connectivity index (χ4v) is 3.08. The molecule has 0 aliphatic rings. The van der Waals surface area contributed by atoms with Crippen LogP contribution in [-0.2, 0) is 0 Å². The van der Waals surface area contributed by atoms with E-state index in [-0.39, 0.29) is 0 Å². The van der Waals surface area contributed by atoms with E-state index in [2.05, 4.69) is 30.4 Å². The average Bonchev–Trinajstić information content (AvgIpc) is 3.38. The summed E-state index contributed by atoms with van der Waals surface area (Å²) in [5.41, 5.74) is 3.40. The third-order valence-electron chi connectivity index (χ3n) is 4.74. The molecule has 0 bridgehead atoms. The molecule has 0 N–H and O–H groups in total. The lowest BCUT2D eigenvalue weighted by molar-refractivity contribution is 0.597. The van der Waals surface area contributed by atoms with Crippen LogP contribution in [0.3, 0.4) is 0 Å². The first-order chi connectivity index (χ1) is 16.3. The molecule has 158 valence electrons. The Bertz CT molecular complexity index is 1270. The summed E-state index contributed by atoms with van der Waals surface area (Å²) in [4.78, 5) is 8.26. The molecule has 0 aliphatic heterocycles. The summed E-state index contributed by atoms with van der Waals surface area (Å²) in [6, 6.07) is 30.3. The van der Waals surface area contributed by atoms with Gasteiger partial charge in [-0.2, -0.15) is 0 Å². The molecule has 0 unspecified atom stereocenters. The van der Waals surface area contributed by atoms with Crippen molar-refractivity contribution in [1.82, 2.24) is 9.97 Å². The number of furan rings is 1. The number of aromatic nitrogens is 2. The molecule has 0 amide bonds. The van der Waals surface area contributed by atoms with Crippen LogP contribution in [0.2, 0.25) is 0 Å². The third-order valence-corrected chi connectivity index (χ3v) is 4.74. The fourth-order valence-electron chi connectivity index (χ4n) is 3.08. The number of pyridine rings is 2. The first-order valence-corrected chi connectivity index (χ1v) is 10.3. The molecular weight excluding hydrogens is 412 g/mol. The van der Waals surface area contributed by atoms with E-state index in [0.29, 0.717) is 11.6 Å². The first kappa shape index (κ1) is 20.1. The molecule has 7 nitrogen and oxygen atoms in total. The quantitative estimate of drug-likeness (QED) is 0.254. The Kier molecular flexibility index (Phi) is 5.84. The summed E-state index contributed by atoms with van der Waals surface area (Å²) in [7, 11) is 0. The Morgan fingerprint density at radius 2 is 0.909 bits per heavy atom. The van der Waals surface area contributed by atoms with Gasteiger partial charge in [-0.1, -0.05) is 12.1 Å². The molecule has 33 heavy (non-hydrogen) atoms. The summed E-state index contributed by atoms with van der Waals surface area (Å²) in [6.45, 7) is 0. The lowest BCUT2D eigenvalue weighted by atomic mass is 10.1. The van der Waals surface area contributed by atoms with E-state index in [1.807, 2.05) is 84.9 Å². The second-order valence-corrected chi connectivity index (χ2v) is 7.03. The average molecular weight is 430 g/mol. The highest BCUT2D eigenvalue weighted by atomic mass is 16.3. The van der Waals surface area contributed by atoms with Crippen LogP contribution in [-0.4, -0.2) is 9.97 Å². The smallest absolute Gasteiger partial charge is 0.174 e. The van der Waals surface area contributed by atoms with Crippen molar-refractivity contribution in [3.05, 3.63) is 109 Å². The topological polar surface area (TPSA) is 88.4 Å². The second-order valence-electron chi connectivity index (χ2n) is 7.03. The van der Waals surface area contributed by atoms with Crippen LogP contribution in [0.4, 0.5) is 23.0 Å². The van der Waals surface area contributed by atoms with E-state index >= 15 is 0 Å². The van der Waals surface area contributed by atoms with Crippen LogP contribution in [0.25, 0.3) is 22.6 Å². The SMILES string of the molecule is c1ccc(N=Nc2ccc(-c3ccc(-c4ccc(N=Nc5ccccn5)cc4)o3)cc2)nc1. The monoisotopic (exact) mass is 430 g/mol. The van der Waals surface area contributed by atoms with Crippen molar-refractivity contribution in [2.45, 2.75) is 0 Å². The van der Waals surface area contributed by atoms with Gasteiger partial charge in [-0.3, -0.25) is 0 Å². The summed E-state index contributed by atoms with van der Waals surface area (Å²) in [5.74, 6) is 2.69. The van der Waals surface area contributed by atoms with Crippen molar-refractivity contribution < 1.29 is 4.42 Å². The minimum Gasteiger partial charge on any atom is -0.456 e. The van der Waals surface area contributed by atoms with Crippen LogP contribution in [0, 0.1) is 0 Å². The van der Waals surface area contributed by atoms with Crippen molar-refractivity contribution >= 4 is 23.0 Å². The van der Waals surface area contributed by atoms with E-state index in [1.54, 1.807) is 24.5 Å². The molecule has 2 aromatic carbocycles. The van der Waals surface area contributed by atoms with E-state index in [9.17, 15) is 0 Å². The van der Waals surface area contributed by atoms with E-state index in [4.69, 9.17) is 4.42 Å². The van der Waals surface area contributed by atoms with Gasteiger partial charge in [0.15, 0.2) is 11.6 Å². The van der Waals surface area contributed by atoms with Crippen molar-refractivity contribution in [1.29, 1.82) is 0 Å². The Morgan fingerprint density at radius 3 is 1.30 bits per heavy atom. The van der Waals surface area contributed by atoms with E-state index in [0.717, 1.165) is 34.0 Å². The maximum atomic E-state index is 6.07. The molecule has 0 atom stereocenters. The maximum Gasteiger partial charge on any atom is 0.174 e. The van der Waals surface area contributed by atoms with Crippen molar-refractivity contribution in [3.8, 4) is 22.6 Å². The van der Waals surface area contributed by atoms with Gasteiger partial charge in [-0.25, -0.2) is 9.97 Å². The van der Waals surface area contributed by atoms with Gasteiger partial charge in [0.05, 0.1) is 11.4 Å². The Hall–Kier alpha value is -4.78. The van der Waals surface area contributed by atoms with Gasteiger partial charge < -0.3 is 4.42 Å². The Morgan fingerprint density at radius 1 is 0.455 bits per heavy atom. The molecular formula is C26H18N6O. The molecule has 7 heteroatoms. The van der Waals surface area contributed by atoms with E-state index in [1.165, 1.54) is 0 Å². The number of benzene rings is 2. The van der Waals surface area contributed by atoms with E-state index < -0.39 is 0 Å². The number of azo groups is 2. The third kappa shape index (κ3) is 5.11. The molecule has 0 radical (unpaired) electrons. The Balaban J connectivity index is 1.27. The zero-order chi connectivity index (χ0) is 22.3. The second kappa shape index (κ2) is 9.57. The molecule has 3 heterocycles. The predicted molar refractivity (Wildman–Crippen MR) is 126 cm³/mol. The minimum atomic E-state index is 0.571. The fraction of sp³-hybridized carbons (Fsp3) is 0. The molecule has 3 aromatic heterocycles. The first-order valence-electron chi connectivity index (χ1n) is 10.3. The van der Waals surface area contributed by atoms with Crippen LogP contribution in [0.15, 0.2) is 134 Å². The van der Waals surface area contributed by atoms with Crippen LogP contribution < -0.4 is 0 Å². The number of nitrogens with zero attached hydrogens (tertiary/aromatic N) is 6. The highest BCUT2D eigenvalue weighted by Gasteiger charge is 2.07. The summed E-state index contributed by atoms with van der Waals surface area (Å²) in [6.07, 6.45) is 3.37. The summed E-state index contributed by atoms with van der Waals surface area (Å²) < 4.78 is 6.07. The van der Waals surface area contributed by atoms with Crippen molar-refractivity contribution in [3.63, 3.8) is 0 Å². The van der Waals surface area contributed by atoms with Gasteiger partial charge in [0.1, 0.15) is 11.5 Å². The zero-order valence-corrected chi connectivity index (χ0v) is 17.5.